The van der Waals surface area contributed by atoms with Gasteiger partial charge in [-0.1, -0.05) is 6.07 Å². The van der Waals surface area contributed by atoms with Gasteiger partial charge in [-0.05, 0) is 18.2 Å². The number of hydrogen-bond acceptors (Lipinski definition) is 4. The van der Waals surface area contributed by atoms with Crippen molar-refractivity contribution in [1.82, 2.24) is 9.78 Å². The van der Waals surface area contributed by atoms with Gasteiger partial charge in [-0.15, -0.1) is 0 Å². The summed E-state index contributed by atoms with van der Waals surface area (Å²) in [5.74, 6) is 0.646. The topological polar surface area (TPSA) is 79.9 Å². The van der Waals surface area contributed by atoms with Crippen molar-refractivity contribution in [2.24, 2.45) is 7.05 Å². The summed E-state index contributed by atoms with van der Waals surface area (Å²) in [6, 6.07) is 8.74. The molecule has 6 nitrogen and oxygen atoms in total. The second kappa shape index (κ2) is 5.23. The molecule has 0 aliphatic rings. The molecule has 1 N–H and O–H groups in total. The second-order valence-corrected chi connectivity index (χ2v) is 3.83. The lowest BCUT2D eigenvalue weighted by molar-refractivity contribution is 0.102. The molecule has 0 aliphatic heterocycles. The lowest BCUT2D eigenvalue weighted by atomic mass is 10.2. The minimum Gasteiger partial charge on any atom is -0.497 e. The molecule has 96 valence electrons. The molecule has 0 spiro atoms. The summed E-state index contributed by atoms with van der Waals surface area (Å²) in [6.45, 7) is 0. The third-order valence-corrected chi connectivity index (χ3v) is 2.62. The minimum atomic E-state index is -0.320. The van der Waals surface area contributed by atoms with Gasteiger partial charge in [-0.25, -0.2) is 0 Å². The maximum atomic E-state index is 12.1. The van der Waals surface area contributed by atoms with Crippen molar-refractivity contribution in [2.75, 3.05) is 12.4 Å². The van der Waals surface area contributed by atoms with E-state index in [0.29, 0.717) is 22.7 Å². The summed E-state index contributed by atoms with van der Waals surface area (Å²) in [4.78, 5) is 12.1. The van der Waals surface area contributed by atoms with E-state index in [1.54, 1.807) is 31.3 Å². The Balaban J connectivity index is 2.26. The van der Waals surface area contributed by atoms with Gasteiger partial charge in [-0.2, -0.15) is 10.4 Å². The molecule has 0 atom stereocenters. The number of aromatic nitrogens is 2. The summed E-state index contributed by atoms with van der Waals surface area (Å²) < 4.78 is 6.50. The summed E-state index contributed by atoms with van der Waals surface area (Å²) in [6.07, 6.45) is 1.40. The van der Waals surface area contributed by atoms with Gasteiger partial charge < -0.3 is 10.1 Å². The number of nitrogens with zero attached hydrogens (tertiary/aromatic N) is 3. The number of methoxy groups -OCH3 is 1. The molecule has 1 aromatic heterocycles. The number of hydrogen-bond donors (Lipinski definition) is 1. The Morgan fingerprint density at radius 1 is 1.53 bits per heavy atom. The van der Waals surface area contributed by atoms with E-state index in [2.05, 4.69) is 10.4 Å². The maximum absolute atomic E-state index is 12.1. The van der Waals surface area contributed by atoms with Crippen LogP contribution in [0.1, 0.15) is 15.9 Å². The number of rotatable bonds is 3. The third-order valence-electron chi connectivity index (χ3n) is 2.62. The van der Waals surface area contributed by atoms with E-state index in [4.69, 9.17) is 10.00 Å². The van der Waals surface area contributed by atoms with Crippen LogP contribution in [0.15, 0.2) is 30.5 Å². The number of carbonyl (C=O) groups excluding carboxylic acids is 1. The molecule has 0 saturated carbocycles. The molecule has 0 unspecified atom stereocenters. The van der Waals surface area contributed by atoms with E-state index in [9.17, 15) is 4.79 Å². The summed E-state index contributed by atoms with van der Waals surface area (Å²) in [5.41, 5.74) is 0.767. The van der Waals surface area contributed by atoms with Crippen molar-refractivity contribution in [3.8, 4) is 11.8 Å². The number of nitrogens with one attached hydrogen (secondary N) is 1. The fraction of sp³-hybridized carbons (Fsp3) is 0.154. The van der Waals surface area contributed by atoms with Crippen molar-refractivity contribution in [2.45, 2.75) is 0 Å². The summed E-state index contributed by atoms with van der Waals surface area (Å²) in [7, 11) is 3.19. The molecule has 19 heavy (non-hydrogen) atoms. The number of carbonyl (C=O) groups is 1. The predicted octanol–water partition coefficient (Wildman–Crippen LogP) is 1.55. The zero-order chi connectivity index (χ0) is 13.8. The highest BCUT2D eigenvalue weighted by atomic mass is 16.5. The van der Waals surface area contributed by atoms with Gasteiger partial charge in [0.1, 0.15) is 23.2 Å². The van der Waals surface area contributed by atoms with Gasteiger partial charge in [0.25, 0.3) is 5.91 Å². The van der Waals surface area contributed by atoms with Crippen LogP contribution >= 0.6 is 0 Å². The molecule has 0 bridgehead atoms. The molecule has 0 saturated heterocycles. The first-order valence-corrected chi connectivity index (χ1v) is 5.53. The second-order valence-electron chi connectivity index (χ2n) is 3.83. The highest BCUT2D eigenvalue weighted by Gasteiger charge is 2.13. The van der Waals surface area contributed by atoms with Crippen molar-refractivity contribution < 1.29 is 9.53 Å². The lowest BCUT2D eigenvalue weighted by Crippen LogP contribution is -2.15. The van der Waals surface area contributed by atoms with E-state index < -0.39 is 0 Å². The summed E-state index contributed by atoms with van der Waals surface area (Å²) >= 11 is 0. The number of anilines is 1. The van der Waals surface area contributed by atoms with Crippen LogP contribution in [0, 0.1) is 11.3 Å². The number of aryl methyl sites for hydroxylation is 1. The van der Waals surface area contributed by atoms with Gasteiger partial charge in [0.05, 0.1) is 13.3 Å². The zero-order valence-corrected chi connectivity index (χ0v) is 10.5. The Morgan fingerprint density at radius 3 is 3.00 bits per heavy atom. The van der Waals surface area contributed by atoms with Crippen molar-refractivity contribution in [1.29, 1.82) is 5.26 Å². The molecule has 0 aliphatic carbocycles. The van der Waals surface area contributed by atoms with Crippen molar-refractivity contribution in [3.63, 3.8) is 0 Å². The third kappa shape index (κ3) is 2.55. The molecule has 0 fully saturated rings. The smallest absolute Gasteiger partial charge is 0.256 e. The van der Waals surface area contributed by atoms with E-state index >= 15 is 0 Å². The number of benzene rings is 1. The normalized spacial score (nSPS) is 9.74. The SMILES string of the molecule is COc1cccc(C(=O)Nc2c(C#N)cnn2C)c1. The Morgan fingerprint density at radius 2 is 2.32 bits per heavy atom. The quantitative estimate of drug-likeness (QED) is 0.903. The number of ether oxygens (including phenoxy) is 1. The highest BCUT2D eigenvalue weighted by Crippen LogP contribution is 2.16. The van der Waals surface area contributed by atoms with Crippen LogP contribution < -0.4 is 10.1 Å². The molecule has 1 amide bonds. The average Bonchev–Trinajstić information content (AvgIpc) is 2.79. The fourth-order valence-electron chi connectivity index (χ4n) is 1.61. The van der Waals surface area contributed by atoms with Crippen molar-refractivity contribution >= 4 is 11.7 Å². The molecule has 0 radical (unpaired) electrons. The Bertz CT molecular complexity index is 655. The predicted molar refractivity (Wildman–Crippen MR) is 68.9 cm³/mol. The molecule has 6 heteroatoms. The molecular weight excluding hydrogens is 244 g/mol. The first-order chi connectivity index (χ1) is 9.15. The first kappa shape index (κ1) is 12.6. The van der Waals surface area contributed by atoms with Crippen LogP contribution in [0.3, 0.4) is 0 Å². The largest absolute Gasteiger partial charge is 0.497 e. The van der Waals surface area contributed by atoms with E-state index in [1.165, 1.54) is 18.0 Å². The molecule has 1 heterocycles. The van der Waals surface area contributed by atoms with E-state index in [-0.39, 0.29) is 5.91 Å². The van der Waals surface area contributed by atoms with E-state index in [1.807, 2.05) is 6.07 Å². The zero-order valence-electron chi connectivity index (χ0n) is 10.5. The van der Waals surface area contributed by atoms with Gasteiger partial charge in [0.15, 0.2) is 0 Å². The molecular formula is C13H12N4O2. The van der Waals surface area contributed by atoms with Crippen LogP contribution in [-0.4, -0.2) is 22.8 Å². The standard InChI is InChI=1S/C13H12N4O2/c1-17-12(10(7-14)8-15-17)16-13(18)9-4-3-5-11(6-9)19-2/h3-6,8H,1-2H3,(H,16,18). The van der Waals surface area contributed by atoms with Gasteiger partial charge in [-0.3, -0.25) is 9.48 Å². The number of amides is 1. The van der Waals surface area contributed by atoms with Crippen LogP contribution in [0.25, 0.3) is 0 Å². The lowest BCUT2D eigenvalue weighted by Gasteiger charge is -2.07. The highest BCUT2D eigenvalue weighted by molar-refractivity contribution is 6.04. The van der Waals surface area contributed by atoms with Crippen LogP contribution in [0.4, 0.5) is 5.82 Å². The molecule has 2 aromatic rings. The fourth-order valence-corrected chi connectivity index (χ4v) is 1.61. The van der Waals surface area contributed by atoms with Crippen LogP contribution in [0.2, 0.25) is 0 Å². The van der Waals surface area contributed by atoms with Gasteiger partial charge >= 0.3 is 0 Å². The number of nitriles is 1. The monoisotopic (exact) mass is 256 g/mol. The minimum absolute atomic E-state index is 0.318. The van der Waals surface area contributed by atoms with Crippen molar-refractivity contribution in [3.05, 3.63) is 41.6 Å². The van der Waals surface area contributed by atoms with Gasteiger partial charge in [0.2, 0.25) is 0 Å². The van der Waals surface area contributed by atoms with Crippen LogP contribution in [0.5, 0.6) is 5.75 Å². The molecule has 2 rings (SSSR count). The Labute approximate surface area is 110 Å². The maximum Gasteiger partial charge on any atom is 0.256 e. The molecule has 1 aromatic carbocycles. The first-order valence-electron chi connectivity index (χ1n) is 5.53. The van der Waals surface area contributed by atoms with Crippen LogP contribution in [-0.2, 0) is 7.05 Å². The Kier molecular flexibility index (Phi) is 3.48. The Hall–Kier alpha value is -2.81. The van der Waals surface area contributed by atoms with E-state index in [0.717, 1.165) is 0 Å². The summed E-state index contributed by atoms with van der Waals surface area (Å²) in [5, 5.41) is 15.5. The van der Waals surface area contributed by atoms with Gasteiger partial charge in [0, 0.05) is 12.6 Å². The average molecular weight is 256 g/mol.